The van der Waals surface area contributed by atoms with Crippen molar-refractivity contribution in [1.82, 2.24) is 0 Å². The van der Waals surface area contributed by atoms with E-state index < -0.39 is 5.97 Å². The van der Waals surface area contributed by atoms with Crippen molar-refractivity contribution < 1.29 is 52.6 Å². The molecule has 0 bridgehead atoms. The highest BCUT2D eigenvalue weighted by atomic mass is 16.6. The third-order valence-electron chi connectivity index (χ3n) is 4.07. The van der Waals surface area contributed by atoms with Crippen LogP contribution in [0.15, 0.2) is 0 Å². The molecule has 0 aromatic rings. The summed E-state index contributed by atoms with van der Waals surface area (Å²) in [4.78, 5) is 21.1. The Labute approximate surface area is 202 Å². The molecule has 0 spiro atoms. The number of carbonyl (C=O) groups is 2. The number of ketones is 1. The van der Waals surface area contributed by atoms with E-state index in [1.54, 1.807) is 0 Å². The van der Waals surface area contributed by atoms with Crippen LogP contribution in [-0.4, -0.2) is 129 Å². The molecule has 1 atom stereocenters. The standard InChI is InChI=1S/C22H43NO11/c1-20(24)2-4-27-6-8-29-12-13-32-16-17-34-21(18-23)19-33-15-14-31-11-10-30-9-7-28-5-3-22(25)26/h21H,2-19,23H2,1H3,(H,25,26). The van der Waals surface area contributed by atoms with Gasteiger partial charge in [0.15, 0.2) is 0 Å². The monoisotopic (exact) mass is 497 g/mol. The normalized spacial score (nSPS) is 12.2. The molecule has 0 amide bonds. The maximum atomic E-state index is 10.8. The van der Waals surface area contributed by atoms with Crippen molar-refractivity contribution in [3.63, 3.8) is 0 Å². The third kappa shape index (κ3) is 27.0. The van der Waals surface area contributed by atoms with E-state index >= 15 is 0 Å². The minimum atomic E-state index is -0.880. The fourth-order valence-electron chi connectivity index (χ4n) is 2.25. The van der Waals surface area contributed by atoms with Gasteiger partial charge < -0.3 is 48.7 Å². The zero-order valence-corrected chi connectivity index (χ0v) is 20.4. The Morgan fingerprint density at radius 1 is 0.618 bits per heavy atom. The molecule has 34 heavy (non-hydrogen) atoms. The first kappa shape index (κ1) is 32.8. The molecule has 0 radical (unpaired) electrons. The van der Waals surface area contributed by atoms with Gasteiger partial charge in [0.2, 0.25) is 0 Å². The van der Waals surface area contributed by atoms with Gasteiger partial charge in [-0.15, -0.1) is 0 Å². The van der Waals surface area contributed by atoms with Gasteiger partial charge >= 0.3 is 5.97 Å². The quantitative estimate of drug-likeness (QED) is 0.139. The summed E-state index contributed by atoms with van der Waals surface area (Å²) in [5, 5.41) is 8.47. The van der Waals surface area contributed by atoms with E-state index in [1.165, 1.54) is 6.92 Å². The molecular formula is C22H43NO11. The van der Waals surface area contributed by atoms with Crippen LogP contribution in [0.3, 0.4) is 0 Å². The minimum Gasteiger partial charge on any atom is -0.481 e. The summed E-state index contributed by atoms with van der Waals surface area (Å²) < 4.78 is 43.0. The average Bonchev–Trinajstić information content (AvgIpc) is 2.80. The Hall–Kier alpha value is -1.22. The second-order valence-electron chi connectivity index (χ2n) is 7.07. The summed E-state index contributed by atoms with van der Waals surface area (Å²) in [5.74, 6) is -0.766. The van der Waals surface area contributed by atoms with E-state index in [2.05, 4.69) is 0 Å². The van der Waals surface area contributed by atoms with Crippen molar-refractivity contribution in [3.05, 3.63) is 0 Å². The maximum absolute atomic E-state index is 10.8. The van der Waals surface area contributed by atoms with Crippen LogP contribution in [0.2, 0.25) is 0 Å². The van der Waals surface area contributed by atoms with Crippen LogP contribution in [0.25, 0.3) is 0 Å². The first-order valence-corrected chi connectivity index (χ1v) is 11.6. The molecule has 0 fully saturated rings. The SMILES string of the molecule is CC(=O)CCOCCOCCOCCOC(CN)COCCOCCOCCOCCC(=O)O. The zero-order chi connectivity index (χ0) is 25.1. The van der Waals surface area contributed by atoms with Gasteiger partial charge in [-0.3, -0.25) is 9.59 Å². The van der Waals surface area contributed by atoms with Gasteiger partial charge in [0.05, 0.1) is 112 Å². The second-order valence-corrected chi connectivity index (χ2v) is 7.07. The van der Waals surface area contributed by atoms with Crippen molar-refractivity contribution in [2.45, 2.75) is 25.9 Å². The fourth-order valence-corrected chi connectivity index (χ4v) is 2.25. The molecule has 0 aliphatic rings. The summed E-state index contributed by atoms with van der Waals surface area (Å²) in [6.45, 7) is 8.01. The number of nitrogens with two attached hydrogens (primary N) is 1. The van der Waals surface area contributed by atoms with Gasteiger partial charge in [0.1, 0.15) is 5.78 Å². The maximum Gasteiger partial charge on any atom is 0.305 e. The van der Waals surface area contributed by atoms with Crippen LogP contribution in [0.4, 0.5) is 0 Å². The van der Waals surface area contributed by atoms with Crippen LogP contribution in [0.1, 0.15) is 19.8 Å². The number of carbonyl (C=O) groups excluding carboxylic acids is 1. The van der Waals surface area contributed by atoms with E-state index in [0.717, 1.165) is 0 Å². The minimum absolute atomic E-state index is 0.00900. The highest BCUT2D eigenvalue weighted by Crippen LogP contribution is 1.93. The van der Waals surface area contributed by atoms with Crippen molar-refractivity contribution in [1.29, 1.82) is 0 Å². The number of carboxylic acid groups (broad SMARTS) is 1. The lowest BCUT2D eigenvalue weighted by Crippen LogP contribution is -2.30. The number of hydrogen-bond donors (Lipinski definition) is 2. The summed E-state index contributed by atoms with van der Waals surface area (Å²) >= 11 is 0. The molecule has 0 aromatic heterocycles. The molecule has 1 unspecified atom stereocenters. The van der Waals surface area contributed by atoms with Gasteiger partial charge in [-0.2, -0.15) is 0 Å². The van der Waals surface area contributed by atoms with E-state index in [0.29, 0.717) is 105 Å². The molecule has 0 rings (SSSR count). The summed E-state index contributed by atoms with van der Waals surface area (Å²) in [5.41, 5.74) is 5.69. The van der Waals surface area contributed by atoms with Crippen molar-refractivity contribution >= 4 is 11.8 Å². The zero-order valence-electron chi connectivity index (χ0n) is 20.4. The van der Waals surface area contributed by atoms with E-state index in [1.807, 2.05) is 0 Å². The summed E-state index contributed by atoms with van der Waals surface area (Å²) in [7, 11) is 0. The molecular weight excluding hydrogens is 454 g/mol. The molecule has 3 N–H and O–H groups in total. The van der Waals surface area contributed by atoms with Gasteiger partial charge in [0, 0.05) is 13.0 Å². The van der Waals surface area contributed by atoms with Gasteiger partial charge in [0.25, 0.3) is 0 Å². The van der Waals surface area contributed by atoms with Gasteiger partial charge in [-0.1, -0.05) is 0 Å². The lowest BCUT2D eigenvalue weighted by Gasteiger charge is -2.16. The smallest absolute Gasteiger partial charge is 0.305 e. The number of carboxylic acids is 1. The molecule has 12 nitrogen and oxygen atoms in total. The van der Waals surface area contributed by atoms with Crippen molar-refractivity contribution in [2.75, 3.05) is 106 Å². The molecule has 202 valence electrons. The lowest BCUT2D eigenvalue weighted by molar-refractivity contribution is -0.138. The first-order chi connectivity index (χ1) is 16.6. The van der Waals surface area contributed by atoms with Gasteiger partial charge in [-0.25, -0.2) is 0 Å². The lowest BCUT2D eigenvalue weighted by atomic mass is 10.3. The molecule has 0 aliphatic carbocycles. The molecule has 0 aliphatic heterocycles. The Morgan fingerprint density at radius 3 is 1.41 bits per heavy atom. The molecule has 0 heterocycles. The number of ether oxygens (including phenoxy) is 8. The van der Waals surface area contributed by atoms with Crippen LogP contribution >= 0.6 is 0 Å². The summed E-state index contributed by atoms with van der Waals surface area (Å²) in [6, 6.07) is 0. The first-order valence-electron chi connectivity index (χ1n) is 11.6. The predicted octanol–water partition coefficient (Wildman–Crippen LogP) is -0.0997. The number of aliphatic carboxylic acids is 1. The Morgan fingerprint density at radius 2 is 1.00 bits per heavy atom. The van der Waals surface area contributed by atoms with E-state index in [9.17, 15) is 9.59 Å². The number of Topliss-reactive ketones (excluding diaryl/α,β-unsaturated/α-hetero) is 1. The largest absolute Gasteiger partial charge is 0.481 e. The van der Waals surface area contributed by atoms with Gasteiger partial charge in [-0.05, 0) is 6.92 Å². The van der Waals surface area contributed by atoms with Crippen molar-refractivity contribution in [3.8, 4) is 0 Å². The molecule has 0 saturated heterocycles. The Balaban J connectivity index is 3.30. The molecule has 0 aromatic carbocycles. The Bertz CT molecular complexity index is 468. The molecule has 12 heteroatoms. The van der Waals surface area contributed by atoms with Crippen molar-refractivity contribution in [2.24, 2.45) is 5.73 Å². The average molecular weight is 498 g/mol. The topological polar surface area (TPSA) is 154 Å². The van der Waals surface area contributed by atoms with E-state index in [4.69, 9.17) is 48.7 Å². The number of rotatable bonds is 28. The number of hydrogen-bond acceptors (Lipinski definition) is 11. The van der Waals surface area contributed by atoms with Crippen LogP contribution < -0.4 is 5.73 Å². The highest BCUT2D eigenvalue weighted by molar-refractivity contribution is 5.75. The second kappa shape index (κ2) is 26.4. The molecule has 0 saturated carbocycles. The summed E-state index contributed by atoms with van der Waals surface area (Å²) in [6.07, 6.45) is 0.209. The van der Waals surface area contributed by atoms with Crippen LogP contribution in [-0.2, 0) is 47.5 Å². The fraction of sp³-hybridized carbons (Fsp3) is 0.909. The Kier molecular flexibility index (Phi) is 25.4. The predicted molar refractivity (Wildman–Crippen MR) is 122 cm³/mol. The van der Waals surface area contributed by atoms with E-state index in [-0.39, 0.29) is 24.9 Å². The van der Waals surface area contributed by atoms with Crippen LogP contribution in [0.5, 0.6) is 0 Å². The third-order valence-corrected chi connectivity index (χ3v) is 4.07. The van der Waals surface area contributed by atoms with Crippen LogP contribution in [0, 0.1) is 0 Å². The highest BCUT2D eigenvalue weighted by Gasteiger charge is 2.07.